The fraction of sp³-hybridized carbons (Fsp3) is 0.154. The van der Waals surface area contributed by atoms with E-state index >= 15 is 0 Å². The molecule has 0 atom stereocenters. The average Bonchev–Trinajstić information content (AvgIpc) is 3.01. The van der Waals surface area contributed by atoms with Crippen molar-refractivity contribution in [2.75, 3.05) is 0 Å². The van der Waals surface area contributed by atoms with E-state index in [0.717, 1.165) is 11.3 Å². The number of rotatable bonds is 3. The first-order chi connectivity index (χ1) is 9.24. The summed E-state index contributed by atoms with van der Waals surface area (Å²) in [7, 11) is 1.74. The lowest BCUT2D eigenvalue weighted by Crippen LogP contribution is -2.25. The van der Waals surface area contributed by atoms with Crippen LogP contribution in [0.4, 0.5) is 0 Å². The molecule has 0 radical (unpaired) electrons. The Morgan fingerprint density at radius 2 is 2.26 bits per heavy atom. The van der Waals surface area contributed by atoms with E-state index in [1.54, 1.807) is 24.0 Å². The molecule has 0 saturated heterocycles. The number of nitrogens with zero attached hydrogens (tertiary/aromatic N) is 4. The summed E-state index contributed by atoms with van der Waals surface area (Å²) in [5, 5.41) is 6.79. The number of imidazole rings is 1. The molecule has 19 heavy (non-hydrogen) atoms. The Bertz CT molecular complexity index is 694. The molecular weight excluding hydrogens is 242 g/mol. The van der Waals surface area contributed by atoms with Gasteiger partial charge in [-0.1, -0.05) is 6.07 Å². The van der Waals surface area contributed by atoms with Gasteiger partial charge in [0.25, 0.3) is 5.91 Å². The first kappa shape index (κ1) is 11.5. The van der Waals surface area contributed by atoms with Gasteiger partial charge < -0.3 is 9.72 Å². The number of nitrogens with one attached hydrogen (secondary N) is 1. The van der Waals surface area contributed by atoms with Gasteiger partial charge in [-0.05, 0) is 18.2 Å². The Labute approximate surface area is 109 Å². The molecule has 0 aliphatic rings. The van der Waals surface area contributed by atoms with E-state index in [0.29, 0.717) is 12.2 Å². The van der Waals surface area contributed by atoms with Gasteiger partial charge in [-0.3, -0.25) is 9.48 Å². The summed E-state index contributed by atoms with van der Waals surface area (Å²) in [6.45, 7) is 0.395. The van der Waals surface area contributed by atoms with Crippen molar-refractivity contribution in [3.05, 3.63) is 54.2 Å². The van der Waals surface area contributed by atoms with E-state index in [9.17, 15) is 4.79 Å². The highest BCUT2D eigenvalue weighted by atomic mass is 16.2. The van der Waals surface area contributed by atoms with Crippen LogP contribution in [-0.2, 0) is 13.6 Å². The maximum absolute atomic E-state index is 11.9. The van der Waals surface area contributed by atoms with Gasteiger partial charge in [-0.2, -0.15) is 5.10 Å². The second-order valence-electron chi connectivity index (χ2n) is 4.22. The van der Waals surface area contributed by atoms with Gasteiger partial charge in [0.2, 0.25) is 0 Å². The van der Waals surface area contributed by atoms with Crippen molar-refractivity contribution in [3.8, 4) is 0 Å². The lowest BCUT2D eigenvalue weighted by atomic mass is 10.4. The van der Waals surface area contributed by atoms with Crippen LogP contribution in [0.25, 0.3) is 5.65 Å². The van der Waals surface area contributed by atoms with E-state index in [1.165, 1.54) is 0 Å². The molecule has 3 rings (SSSR count). The molecular formula is C13H13N5O. The molecule has 0 unspecified atom stereocenters. The van der Waals surface area contributed by atoms with Crippen molar-refractivity contribution in [2.45, 2.75) is 6.54 Å². The molecule has 6 heteroatoms. The van der Waals surface area contributed by atoms with Gasteiger partial charge in [-0.25, -0.2) is 4.98 Å². The zero-order chi connectivity index (χ0) is 13.2. The summed E-state index contributed by atoms with van der Waals surface area (Å²) in [6, 6.07) is 7.47. The molecule has 0 spiro atoms. The number of carbonyl (C=O) groups excluding carboxylic acids is 1. The summed E-state index contributed by atoms with van der Waals surface area (Å²) in [5.74, 6) is -0.156. The zero-order valence-corrected chi connectivity index (χ0v) is 10.4. The summed E-state index contributed by atoms with van der Waals surface area (Å²) in [5.41, 5.74) is 2.22. The van der Waals surface area contributed by atoms with E-state index in [1.807, 2.05) is 35.0 Å². The van der Waals surface area contributed by atoms with Crippen LogP contribution in [0, 0.1) is 0 Å². The zero-order valence-electron chi connectivity index (χ0n) is 10.4. The Morgan fingerprint density at radius 3 is 3.00 bits per heavy atom. The molecule has 96 valence electrons. The topological polar surface area (TPSA) is 64.2 Å². The smallest absolute Gasteiger partial charge is 0.269 e. The number of hydrogen-bond donors (Lipinski definition) is 1. The van der Waals surface area contributed by atoms with E-state index < -0.39 is 0 Å². The molecule has 0 bridgehead atoms. The molecule has 3 aromatic heterocycles. The van der Waals surface area contributed by atoms with Crippen LogP contribution >= 0.6 is 0 Å². The minimum absolute atomic E-state index is 0.156. The first-order valence-corrected chi connectivity index (χ1v) is 5.93. The number of amides is 1. The lowest BCUT2D eigenvalue weighted by Gasteiger charge is -2.02. The van der Waals surface area contributed by atoms with E-state index in [2.05, 4.69) is 15.4 Å². The lowest BCUT2D eigenvalue weighted by molar-refractivity contribution is 0.0941. The van der Waals surface area contributed by atoms with Crippen molar-refractivity contribution < 1.29 is 4.79 Å². The number of aromatic nitrogens is 4. The molecule has 1 N–H and O–H groups in total. The van der Waals surface area contributed by atoms with Crippen LogP contribution in [0.3, 0.4) is 0 Å². The third-order valence-electron chi connectivity index (χ3n) is 2.90. The molecule has 3 aromatic rings. The Morgan fingerprint density at radius 1 is 1.37 bits per heavy atom. The van der Waals surface area contributed by atoms with Gasteiger partial charge in [0.05, 0.1) is 12.2 Å². The molecule has 0 saturated carbocycles. The van der Waals surface area contributed by atoms with E-state index in [-0.39, 0.29) is 5.91 Å². The van der Waals surface area contributed by atoms with Crippen molar-refractivity contribution in [1.82, 2.24) is 24.5 Å². The maximum atomic E-state index is 11.9. The van der Waals surface area contributed by atoms with Crippen LogP contribution in [0.5, 0.6) is 0 Å². The van der Waals surface area contributed by atoms with E-state index in [4.69, 9.17) is 0 Å². The van der Waals surface area contributed by atoms with Crippen LogP contribution in [0.1, 0.15) is 16.2 Å². The standard InChI is InChI=1S/C13H13N5O/c1-17-11(5-6-15-17)13(19)14-8-10-9-18-7-3-2-4-12(18)16-10/h2-7,9H,8H2,1H3,(H,14,19). The van der Waals surface area contributed by atoms with Crippen molar-refractivity contribution in [2.24, 2.45) is 7.05 Å². The number of fused-ring (bicyclic) bond motifs is 1. The van der Waals surface area contributed by atoms with Gasteiger partial charge in [-0.15, -0.1) is 0 Å². The maximum Gasteiger partial charge on any atom is 0.269 e. The second-order valence-corrected chi connectivity index (χ2v) is 4.22. The molecule has 0 aliphatic carbocycles. The fourth-order valence-corrected chi connectivity index (χ4v) is 1.93. The van der Waals surface area contributed by atoms with Crippen molar-refractivity contribution in [3.63, 3.8) is 0 Å². The summed E-state index contributed by atoms with van der Waals surface area (Å²) >= 11 is 0. The molecule has 3 heterocycles. The highest BCUT2D eigenvalue weighted by Gasteiger charge is 2.10. The van der Waals surface area contributed by atoms with Crippen LogP contribution < -0.4 is 5.32 Å². The highest BCUT2D eigenvalue weighted by molar-refractivity contribution is 5.92. The Hall–Kier alpha value is -2.63. The minimum atomic E-state index is -0.156. The summed E-state index contributed by atoms with van der Waals surface area (Å²) in [6.07, 6.45) is 5.42. The van der Waals surface area contributed by atoms with Crippen molar-refractivity contribution >= 4 is 11.6 Å². The predicted molar refractivity (Wildman–Crippen MR) is 69.6 cm³/mol. The molecule has 0 aromatic carbocycles. The normalized spacial score (nSPS) is 10.8. The average molecular weight is 255 g/mol. The third-order valence-corrected chi connectivity index (χ3v) is 2.90. The molecule has 0 aliphatic heterocycles. The minimum Gasteiger partial charge on any atom is -0.345 e. The first-order valence-electron chi connectivity index (χ1n) is 5.93. The number of hydrogen-bond acceptors (Lipinski definition) is 3. The van der Waals surface area contributed by atoms with Crippen LogP contribution in [0.2, 0.25) is 0 Å². The Kier molecular flexibility index (Phi) is 2.75. The number of aryl methyl sites for hydroxylation is 1. The number of carbonyl (C=O) groups is 1. The summed E-state index contributed by atoms with van der Waals surface area (Å²) < 4.78 is 3.46. The van der Waals surface area contributed by atoms with Gasteiger partial charge in [0.1, 0.15) is 11.3 Å². The second kappa shape index (κ2) is 4.56. The van der Waals surface area contributed by atoms with Gasteiger partial charge >= 0.3 is 0 Å². The van der Waals surface area contributed by atoms with Crippen LogP contribution in [-0.4, -0.2) is 25.1 Å². The fourth-order valence-electron chi connectivity index (χ4n) is 1.93. The summed E-state index contributed by atoms with van der Waals surface area (Å²) in [4.78, 5) is 16.3. The highest BCUT2D eigenvalue weighted by Crippen LogP contribution is 2.04. The Balaban J connectivity index is 1.72. The van der Waals surface area contributed by atoms with Gasteiger partial charge in [0.15, 0.2) is 0 Å². The molecule has 6 nitrogen and oxygen atoms in total. The largest absolute Gasteiger partial charge is 0.345 e. The quantitative estimate of drug-likeness (QED) is 0.759. The monoisotopic (exact) mass is 255 g/mol. The predicted octanol–water partition coefficient (Wildman–Crippen LogP) is 0.998. The SMILES string of the molecule is Cn1nccc1C(=O)NCc1cn2ccccc2n1. The van der Waals surface area contributed by atoms with Gasteiger partial charge in [0, 0.05) is 25.6 Å². The molecule has 0 fully saturated rings. The van der Waals surface area contributed by atoms with Crippen molar-refractivity contribution in [1.29, 1.82) is 0 Å². The molecule has 1 amide bonds. The third kappa shape index (κ3) is 2.20. The van der Waals surface area contributed by atoms with Crippen LogP contribution in [0.15, 0.2) is 42.9 Å². The number of pyridine rings is 1.